The number of hydrogen-bond acceptors (Lipinski definition) is 3. The van der Waals surface area contributed by atoms with E-state index in [-0.39, 0.29) is 5.91 Å². The van der Waals surface area contributed by atoms with Crippen molar-refractivity contribution >= 4 is 5.91 Å². The molecule has 1 aliphatic rings. The lowest BCUT2D eigenvalue weighted by Crippen LogP contribution is -2.38. The van der Waals surface area contributed by atoms with E-state index in [4.69, 9.17) is 0 Å². The molecule has 0 aromatic carbocycles. The van der Waals surface area contributed by atoms with Gasteiger partial charge in [0.2, 0.25) is 0 Å². The Morgan fingerprint density at radius 2 is 2.21 bits per heavy atom. The second kappa shape index (κ2) is 4.87. The first-order valence-corrected chi connectivity index (χ1v) is 6.50. The molecule has 2 aromatic heterocycles. The van der Waals surface area contributed by atoms with Gasteiger partial charge in [-0.2, -0.15) is 5.10 Å². The van der Waals surface area contributed by atoms with Gasteiger partial charge in [0.05, 0.1) is 5.56 Å². The van der Waals surface area contributed by atoms with Gasteiger partial charge < -0.3 is 9.47 Å². The minimum Gasteiger partial charge on any atom is -0.356 e. The van der Waals surface area contributed by atoms with Crippen LogP contribution in [-0.4, -0.2) is 43.6 Å². The van der Waals surface area contributed by atoms with E-state index in [1.54, 1.807) is 0 Å². The molecule has 1 aliphatic heterocycles. The smallest absolute Gasteiger partial charge is 0.255 e. The van der Waals surface area contributed by atoms with Crippen molar-refractivity contribution in [1.82, 2.24) is 24.6 Å². The van der Waals surface area contributed by atoms with Gasteiger partial charge in [-0.05, 0) is 18.9 Å². The van der Waals surface area contributed by atoms with Crippen molar-refractivity contribution < 1.29 is 4.79 Å². The Morgan fingerprint density at radius 3 is 2.79 bits per heavy atom. The molecule has 1 saturated heterocycles. The molecule has 1 amide bonds. The number of aromatic nitrogens is 4. The van der Waals surface area contributed by atoms with Crippen molar-refractivity contribution in [1.29, 1.82) is 0 Å². The van der Waals surface area contributed by atoms with E-state index in [2.05, 4.69) is 15.2 Å². The number of rotatable bonds is 2. The number of H-pyrrole nitrogens is 1. The molecule has 1 fully saturated rings. The summed E-state index contributed by atoms with van der Waals surface area (Å²) in [5.74, 6) is 1.45. The van der Waals surface area contributed by atoms with Crippen LogP contribution in [0.25, 0.3) is 0 Å². The first-order chi connectivity index (χ1) is 9.24. The van der Waals surface area contributed by atoms with E-state index >= 15 is 0 Å². The van der Waals surface area contributed by atoms with Gasteiger partial charge in [-0.25, -0.2) is 4.98 Å². The van der Waals surface area contributed by atoms with Crippen molar-refractivity contribution in [2.45, 2.75) is 18.8 Å². The van der Waals surface area contributed by atoms with Crippen LogP contribution in [-0.2, 0) is 7.05 Å². The van der Waals surface area contributed by atoms with Crippen molar-refractivity contribution in [3.05, 3.63) is 36.2 Å². The van der Waals surface area contributed by atoms with E-state index in [1.807, 2.05) is 35.0 Å². The van der Waals surface area contributed by atoms with Gasteiger partial charge >= 0.3 is 0 Å². The Labute approximate surface area is 111 Å². The summed E-state index contributed by atoms with van der Waals surface area (Å²) in [5.41, 5.74) is 0.764. The summed E-state index contributed by atoms with van der Waals surface area (Å²) in [6.07, 6.45) is 7.18. The van der Waals surface area contributed by atoms with Crippen LogP contribution in [0.1, 0.15) is 34.9 Å². The Kier molecular flexibility index (Phi) is 3.06. The monoisotopic (exact) mass is 259 g/mol. The predicted molar refractivity (Wildman–Crippen MR) is 69.7 cm³/mol. The van der Waals surface area contributed by atoms with E-state index in [0.29, 0.717) is 5.92 Å². The second-order valence-corrected chi connectivity index (χ2v) is 5.00. The maximum absolute atomic E-state index is 12.3. The molecule has 1 N–H and O–H groups in total. The summed E-state index contributed by atoms with van der Waals surface area (Å²) in [6, 6.07) is 1.87. The van der Waals surface area contributed by atoms with Crippen LogP contribution in [0.15, 0.2) is 24.8 Å². The topological polar surface area (TPSA) is 66.8 Å². The largest absolute Gasteiger partial charge is 0.356 e. The number of nitrogens with one attached hydrogen (secondary N) is 1. The number of carbonyl (C=O) groups is 1. The quantitative estimate of drug-likeness (QED) is 0.880. The van der Waals surface area contributed by atoms with Crippen molar-refractivity contribution in [2.24, 2.45) is 7.05 Å². The van der Waals surface area contributed by atoms with Crippen LogP contribution < -0.4 is 0 Å². The summed E-state index contributed by atoms with van der Waals surface area (Å²) >= 11 is 0. The molecule has 0 spiro atoms. The van der Waals surface area contributed by atoms with E-state index in [1.165, 1.54) is 6.33 Å². The van der Waals surface area contributed by atoms with Crippen LogP contribution in [0.5, 0.6) is 0 Å². The fourth-order valence-corrected chi connectivity index (χ4v) is 2.58. The van der Waals surface area contributed by atoms with Gasteiger partial charge in [0.1, 0.15) is 12.2 Å². The van der Waals surface area contributed by atoms with Crippen LogP contribution in [0.4, 0.5) is 0 Å². The first kappa shape index (κ1) is 12.0. The summed E-state index contributed by atoms with van der Waals surface area (Å²) in [7, 11) is 1.92. The zero-order valence-electron chi connectivity index (χ0n) is 10.9. The molecule has 0 radical (unpaired) electrons. The van der Waals surface area contributed by atoms with Crippen molar-refractivity contribution in [3.63, 3.8) is 0 Å². The number of amides is 1. The normalized spacial score (nSPS) is 16.8. The maximum Gasteiger partial charge on any atom is 0.255 e. The van der Waals surface area contributed by atoms with Gasteiger partial charge in [0.15, 0.2) is 0 Å². The molecule has 6 heteroatoms. The molecule has 3 heterocycles. The standard InChI is InChI=1S/C13H17N5O/c1-17-5-2-11(8-17)13(19)18-6-3-10(4-7-18)12-14-9-15-16-12/h2,5,8-10H,3-4,6-7H2,1H3,(H,14,15,16). The zero-order valence-corrected chi connectivity index (χ0v) is 10.9. The molecule has 0 unspecified atom stereocenters. The highest BCUT2D eigenvalue weighted by Crippen LogP contribution is 2.25. The highest BCUT2D eigenvalue weighted by molar-refractivity contribution is 5.94. The molecule has 0 aliphatic carbocycles. The molecule has 19 heavy (non-hydrogen) atoms. The third-order valence-corrected chi connectivity index (χ3v) is 3.68. The fourth-order valence-electron chi connectivity index (χ4n) is 2.58. The number of likely N-dealkylation sites (tertiary alicyclic amines) is 1. The lowest BCUT2D eigenvalue weighted by Gasteiger charge is -2.30. The second-order valence-electron chi connectivity index (χ2n) is 5.00. The third kappa shape index (κ3) is 2.38. The maximum atomic E-state index is 12.3. The number of aromatic amines is 1. The van der Waals surface area contributed by atoms with Crippen molar-refractivity contribution in [3.8, 4) is 0 Å². The molecule has 0 bridgehead atoms. The Bertz CT molecular complexity index is 551. The number of nitrogens with zero attached hydrogens (tertiary/aromatic N) is 4. The molecule has 2 aromatic rings. The van der Waals surface area contributed by atoms with Gasteiger partial charge in [0, 0.05) is 38.4 Å². The lowest BCUT2D eigenvalue weighted by molar-refractivity contribution is 0.0711. The Balaban J connectivity index is 1.62. The Morgan fingerprint density at radius 1 is 1.42 bits per heavy atom. The molecule has 0 atom stereocenters. The molecule has 100 valence electrons. The molecular formula is C13H17N5O. The third-order valence-electron chi connectivity index (χ3n) is 3.68. The number of piperidine rings is 1. The molecule has 3 rings (SSSR count). The summed E-state index contributed by atoms with van der Waals surface area (Å²) < 4.78 is 1.90. The van der Waals surface area contributed by atoms with E-state index < -0.39 is 0 Å². The average molecular weight is 259 g/mol. The van der Waals surface area contributed by atoms with Gasteiger partial charge in [-0.3, -0.25) is 9.89 Å². The Hall–Kier alpha value is -2.11. The lowest BCUT2D eigenvalue weighted by atomic mass is 9.96. The number of aryl methyl sites for hydroxylation is 1. The summed E-state index contributed by atoms with van der Waals surface area (Å²) in [6.45, 7) is 1.55. The molecule has 0 saturated carbocycles. The predicted octanol–water partition coefficient (Wildman–Crippen LogP) is 1.16. The minimum absolute atomic E-state index is 0.122. The molecule has 6 nitrogen and oxygen atoms in total. The van der Waals surface area contributed by atoms with Gasteiger partial charge in [-0.15, -0.1) is 0 Å². The van der Waals surface area contributed by atoms with Gasteiger partial charge in [-0.1, -0.05) is 0 Å². The van der Waals surface area contributed by atoms with E-state index in [0.717, 1.165) is 37.3 Å². The zero-order chi connectivity index (χ0) is 13.2. The van der Waals surface area contributed by atoms with Crippen LogP contribution in [0.2, 0.25) is 0 Å². The summed E-state index contributed by atoms with van der Waals surface area (Å²) in [5, 5.41) is 6.80. The number of carbonyl (C=O) groups excluding carboxylic acids is 1. The SMILES string of the molecule is Cn1ccc(C(=O)N2CCC(c3ncn[nH]3)CC2)c1. The van der Waals surface area contributed by atoms with E-state index in [9.17, 15) is 4.79 Å². The van der Waals surface area contributed by atoms with Crippen LogP contribution in [0, 0.1) is 0 Å². The number of hydrogen-bond donors (Lipinski definition) is 1. The van der Waals surface area contributed by atoms with Crippen molar-refractivity contribution in [2.75, 3.05) is 13.1 Å². The van der Waals surface area contributed by atoms with Gasteiger partial charge in [0.25, 0.3) is 5.91 Å². The minimum atomic E-state index is 0.122. The first-order valence-electron chi connectivity index (χ1n) is 6.50. The summed E-state index contributed by atoms with van der Waals surface area (Å²) in [4.78, 5) is 18.4. The average Bonchev–Trinajstić information content (AvgIpc) is 3.09. The molecular weight excluding hydrogens is 242 g/mol. The fraction of sp³-hybridized carbons (Fsp3) is 0.462. The van der Waals surface area contributed by atoms with Crippen LogP contribution in [0.3, 0.4) is 0 Å². The highest BCUT2D eigenvalue weighted by Gasteiger charge is 2.26. The highest BCUT2D eigenvalue weighted by atomic mass is 16.2. The van der Waals surface area contributed by atoms with Crippen LogP contribution >= 0.6 is 0 Å².